The Bertz CT molecular complexity index is 800. The second kappa shape index (κ2) is 8.05. The highest BCUT2D eigenvalue weighted by Crippen LogP contribution is 2.15. The Kier molecular flexibility index (Phi) is 5.84. The number of nitrogens with zero attached hydrogens (tertiary/aromatic N) is 1. The summed E-state index contributed by atoms with van der Waals surface area (Å²) >= 11 is 0. The molecule has 2 rings (SSSR count). The van der Waals surface area contributed by atoms with Gasteiger partial charge in [0.2, 0.25) is 0 Å². The lowest BCUT2D eigenvalue weighted by molar-refractivity contribution is -0.123. The first-order chi connectivity index (χ1) is 11.8. The van der Waals surface area contributed by atoms with Crippen molar-refractivity contribution in [2.45, 2.75) is 20.8 Å². The Hall–Kier alpha value is -3.22. The monoisotopic (exact) mass is 341 g/mol. The molecule has 1 heterocycles. The van der Waals surface area contributed by atoms with Crippen molar-refractivity contribution in [3.05, 3.63) is 58.9 Å². The van der Waals surface area contributed by atoms with Crippen LogP contribution in [-0.4, -0.2) is 29.5 Å². The first-order valence-corrected chi connectivity index (χ1v) is 7.63. The van der Waals surface area contributed by atoms with Crippen LogP contribution < -0.4 is 10.6 Å². The molecule has 0 aliphatic heterocycles. The van der Waals surface area contributed by atoms with E-state index < -0.39 is 24.5 Å². The number of ether oxygens (including phenoxy) is 1. The average molecular weight is 341 g/mol. The molecule has 0 unspecified atom stereocenters. The molecule has 0 aliphatic rings. The number of rotatable bonds is 4. The predicted molar refractivity (Wildman–Crippen MR) is 92.3 cm³/mol. The van der Waals surface area contributed by atoms with E-state index in [1.165, 1.54) is 6.20 Å². The number of carbonyl (C=O) groups excluding carboxylic acids is 3. The van der Waals surface area contributed by atoms with E-state index in [0.29, 0.717) is 5.69 Å². The molecule has 2 N–H and O–H groups in total. The van der Waals surface area contributed by atoms with Gasteiger partial charge in [-0.25, -0.2) is 9.59 Å². The van der Waals surface area contributed by atoms with E-state index in [-0.39, 0.29) is 5.56 Å². The standard InChI is InChI=1S/C18H19N3O4/c1-11-4-7-15(12(2)8-11)20-18(24)21-16(22)10-25-17(23)14-6-5-13(3)19-9-14/h4-9H,10H2,1-3H3,(H2,20,21,22,24). The van der Waals surface area contributed by atoms with Crippen molar-refractivity contribution in [3.8, 4) is 0 Å². The summed E-state index contributed by atoms with van der Waals surface area (Å²) in [4.78, 5) is 39.3. The van der Waals surface area contributed by atoms with Crippen LogP contribution >= 0.6 is 0 Å². The summed E-state index contributed by atoms with van der Waals surface area (Å²) in [5, 5.41) is 4.68. The number of amides is 3. The van der Waals surface area contributed by atoms with E-state index in [1.807, 2.05) is 26.0 Å². The summed E-state index contributed by atoms with van der Waals surface area (Å²) in [5.74, 6) is -1.41. The molecular formula is C18H19N3O4. The van der Waals surface area contributed by atoms with Crippen LogP contribution in [0.15, 0.2) is 36.5 Å². The molecule has 0 fully saturated rings. The molecule has 130 valence electrons. The Labute approximate surface area is 145 Å². The lowest BCUT2D eigenvalue weighted by Gasteiger charge is -2.10. The van der Waals surface area contributed by atoms with Gasteiger partial charge < -0.3 is 10.1 Å². The molecule has 1 aromatic heterocycles. The Morgan fingerprint density at radius 2 is 1.84 bits per heavy atom. The van der Waals surface area contributed by atoms with Gasteiger partial charge in [0, 0.05) is 17.6 Å². The first kappa shape index (κ1) is 18.1. The molecule has 2 aromatic rings. The van der Waals surface area contributed by atoms with E-state index >= 15 is 0 Å². The van der Waals surface area contributed by atoms with Crippen LogP contribution in [0, 0.1) is 20.8 Å². The number of aryl methyl sites for hydroxylation is 3. The molecule has 7 nitrogen and oxygen atoms in total. The highest BCUT2D eigenvalue weighted by molar-refractivity contribution is 6.02. The van der Waals surface area contributed by atoms with E-state index in [2.05, 4.69) is 15.6 Å². The minimum atomic E-state index is -0.726. The van der Waals surface area contributed by atoms with Gasteiger partial charge in [-0.15, -0.1) is 0 Å². The van der Waals surface area contributed by atoms with Gasteiger partial charge in [-0.3, -0.25) is 15.1 Å². The normalized spacial score (nSPS) is 10.0. The fourth-order valence-corrected chi connectivity index (χ4v) is 2.07. The van der Waals surface area contributed by atoms with Gasteiger partial charge in [-0.05, 0) is 44.5 Å². The Balaban J connectivity index is 1.82. The number of anilines is 1. The smallest absolute Gasteiger partial charge is 0.340 e. The van der Waals surface area contributed by atoms with Gasteiger partial charge in [-0.1, -0.05) is 17.7 Å². The van der Waals surface area contributed by atoms with Crippen molar-refractivity contribution in [2.75, 3.05) is 11.9 Å². The molecule has 25 heavy (non-hydrogen) atoms. The van der Waals surface area contributed by atoms with Gasteiger partial charge in [-0.2, -0.15) is 0 Å². The fourth-order valence-electron chi connectivity index (χ4n) is 2.07. The number of esters is 1. The summed E-state index contributed by atoms with van der Waals surface area (Å²) < 4.78 is 4.85. The maximum absolute atomic E-state index is 11.8. The number of aromatic nitrogens is 1. The number of carbonyl (C=O) groups is 3. The van der Waals surface area contributed by atoms with Gasteiger partial charge in [0.05, 0.1) is 5.56 Å². The summed E-state index contributed by atoms with van der Waals surface area (Å²) in [7, 11) is 0. The highest BCUT2D eigenvalue weighted by atomic mass is 16.5. The lowest BCUT2D eigenvalue weighted by atomic mass is 10.1. The van der Waals surface area contributed by atoms with Crippen LogP contribution in [0.3, 0.4) is 0 Å². The van der Waals surface area contributed by atoms with Gasteiger partial charge in [0.25, 0.3) is 5.91 Å². The van der Waals surface area contributed by atoms with Gasteiger partial charge in [0.15, 0.2) is 6.61 Å². The van der Waals surface area contributed by atoms with E-state index in [0.717, 1.165) is 16.8 Å². The van der Waals surface area contributed by atoms with Crippen LogP contribution in [0.25, 0.3) is 0 Å². The van der Waals surface area contributed by atoms with Crippen molar-refractivity contribution in [1.29, 1.82) is 0 Å². The zero-order valence-corrected chi connectivity index (χ0v) is 14.3. The summed E-state index contributed by atoms with van der Waals surface area (Å²) in [5.41, 5.74) is 3.53. The molecule has 0 radical (unpaired) electrons. The van der Waals surface area contributed by atoms with Crippen molar-refractivity contribution in [2.24, 2.45) is 0 Å². The fraction of sp³-hybridized carbons (Fsp3) is 0.222. The second-order valence-corrected chi connectivity index (χ2v) is 5.59. The molecule has 0 aliphatic carbocycles. The second-order valence-electron chi connectivity index (χ2n) is 5.59. The minimum Gasteiger partial charge on any atom is -0.452 e. The molecule has 3 amide bonds. The number of hydrogen-bond donors (Lipinski definition) is 2. The van der Waals surface area contributed by atoms with E-state index in [1.54, 1.807) is 25.1 Å². The number of urea groups is 1. The van der Waals surface area contributed by atoms with Crippen LogP contribution in [0.4, 0.5) is 10.5 Å². The third kappa shape index (κ3) is 5.42. The molecule has 1 aromatic carbocycles. The molecule has 0 atom stereocenters. The van der Waals surface area contributed by atoms with E-state index in [4.69, 9.17) is 4.74 Å². The number of nitrogens with one attached hydrogen (secondary N) is 2. The van der Waals surface area contributed by atoms with Gasteiger partial charge >= 0.3 is 12.0 Å². The van der Waals surface area contributed by atoms with Crippen molar-refractivity contribution >= 4 is 23.6 Å². The molecule has 0 saturated heterocycles. The van der Waals surface area contributed by atoms with Crippen molar-refractivity contribution in [1.82, 2.24) is 10.3 Å². The topological polar surface area (TPSA) is 97.4 Å². The van der Waals surface area contributed by atoms with Crippen LogP contribution in [0.1, 0.15) is 27.2 Å². The quantitative estimate of drug-likeness (QED) is 0.833. The average Bonchev–Trinajstić information content (AvgIpc) is 2.56. The molecule has 0 saturated carbocycles. The lowest BCUT2D eigenvalue weighted by Crippen LogP contribution is -2.37. The van der Waals surface area contributed by atoms with Crippen LogP contribution in [-0.2, 0) is 9.53 Å². The largest absolute Gasteiger partial charge is 0.452 e. The molecule has 7 heteroatoms. The number of pyridine rings is 1. The summed E-state index contributed by atoms with van der Waals surface area (Å²) in [6.45, 7) is 5.02. The van der Waals surface area contributed by atoms with Crippen LogP contribution in [0.2, 0.25) is 0 Å². The SMILES string of the molecule is Cc1ccc(NC(=O)NC(=O)COC(=O)c2ccc(C)nc2)c(C)c1. The highest BCUT2D eigenvalue weighted by Gasteiger charge is 2.13. The zero-order chi connectivity index (χ0) is 18.4. The number of benzene rings is 1. The van der Waals surface area contributed by atoms with Crippen molar-refractivity contribution in [3.63, 3.8) is 0 Å². The number of hydrogen-bond acceptors (Lipinski definition) is 5. The zero-order valence-electron chi connectivity index (χ0n) is 14.3. The van der Waals surface area contributed by atoms with E-state index in [9.17, 15) is 14.4 Å². The third-order valence-corrected chi connectivity index (χ3v) is 3.36. The Morgan fingerprint density at radius 1 is 1.08 bits per heavy atom. The maximum atomic E-state index is 11.8. The van der Waals surface area contributed by atoms with Crippen LogP contribution in [0.5, 0.6) is 0 Å². The molecule has 0 spiro atoms. The summed E-state index contributed by atoms with van der Waals surface area (Å²) in [6, 6.07) is 8.03. The summed E-state index contributed by atoms with van der Waals surface area (Å²) in [6.07, 6.45) is 1.36. The minimum absolute atomic E-state index is 0.234. The number of imide groups is 1. The third-order valence-electron chi connectivity index (χ3n) is 3.36. The first-order valence-electron chi connectivity index (χ1n) is 7.63. The van der Waals surface area contributed by atoms with Crippen molar-refractivity contribution < 1.29 is 19.1 Å². The predicted octanol–water partition coefficient (Wildman–Crippen LogP) is 2.51. The molecule has 0 bridgehead atoms. The Morgan fingerprint density at radius 3 is 2.48 bits per heavy atom. The molecular weight excluding hydrogens is 322 g/mol. The van der Waals surface area contributed by atoms with Gasteiger partial charge in [0.1, 0.15) is 0 Å². The maximum Gasteiger partial charge on any atom is 0.340 e.